The second-order valence-corrected chi connectivity index (χ2v) is 5.68. The average Bonchev–Trinajstić information content (AvgIpc) is 2.47. The number of carbonyl (C=O) groups excluding carboxylic acids is 2. The molecule has 1 aromatic carbocycles. The SMILES string of the molecule is Cc1ccc(C(=O)N(CC(N)=O)C2CCNCC2)cc1C. The van der Waals surface area contributed by atoms with Crippen LogP contribution in [0.3, 0.4) is 0 Å². The highest BCUT2D eigenvalue weighted by Crippen LogP contribution is 2.17. The highest BCUT2D eigenvalue weighted by Gasteiger charge is 2.27. The highest BCUT2D eigenvalue weighted by molar-refractivity contribution is 5.96. The lowest BCUT2D eigenvalue weighted by molar-refractivity contribution is -0.119. The average molecular weight is 289 g/mol. The van der Waals surface area contributed by atoms with Gasteiger partial charge in [0, 0.05) is 11.6 Å². The van der Waals surface area contributed by atoms with Crippen LogP contribution in [0.15, 0.2) is 18.2 Å². The summed E-state index contributed by atoms with van der Waals surface area (Å²) in [6.45, 7) is 5.70. The van der Waals surface area contributed by atoms with Crippen LogP contribution in [-0.2, 0) is 4.79 Å². The normalized spacial score (nSPS) is 15.7. The Kier molecular flexibility index (Phi) is 4.96. The van der Waals surface area contributed by atoms with Gasteiger partial charge >= 0.3 is 0 Å². The Labute approximate surface area is 125 Å². The molecule has 1 fully saturated rings. The van der Waals surface area contributed by atoms with Gasteiger partial charge in [-0.15, -0.1) is 0 Å². The van der Waals surface area contributed by atoms with E-state index in [-0.39, 0.29) is 18.5 Å². The van der Waals surface area contributed by atoms with Gasteiger partial charge in [0.1, 0.15) is 0 Å². The first kappa shape index (κ1) is 15.5. The summed E-state index contributed by atoms with van der Waals surface area (Å²) in [4.78, 5) is 25.7. The molecule has 0 spiro atoms. The molecule has 0 saturated carbocycles. The van der Waals surface area contributed by atoms with E-state index in [1.165, 1.54) is 0 Å². The maximum Gasteiger partial charge on any atom is 0.254 e. The molecule has 0 aromatic heterocycles. The van der Waals surface area contributed by atoms with Gasteiger partial charge in [-0.05, 0) is 63.0 Å². The summed E-state index contributed by atoms with van der Waals surface area (Å²) in [7, 11) is 0. The molecule has 0 unspecified atom stereocenters. The van der Waals surface area contributed by atoms with Gasteiger partial charge < -0.3 is 16.0 Å². The number of carbonyl (C=O) groups is 2. The fourth-order valence-electron chi connectivity index (χ4n) is 2.69. The number of aryl methyl sites for hydroxylation is 2. The van der Waals surface area contributed by atoms with E-state index in [1.54, 1.807) is 4.90 Å². The predicted octanol–water partition coefficient (Wildman–Crippen LogP) is 0.983. The van der Waals surface area contributed by atoms with Crippen LogP contribution in [0.5, 0.6) is 0 Å². The van der Waals surface area contributed by atoms with Crippen LogP contribution in [0, 0.1) is 13.8 Å². The molecular formula is C16H23N3O2. The summed E-state index contributed by atoms with van der Waals surface area (Å²) >= 11 is 0. The van der Waals surface area contributed by atoms with Gasteiger partial charge in [-0.25, -0.2) is 0 Å². The Morgan fingerprint density at radius 3 is 2.48 bits per heavy atom. The van der Waals surface area contributed by atoms with Crippen LogP contribution in [-0.4, -0.2) is 42.4 Å². The van der Waals surface area contributed by atoms with Crippen molar-refractivity contribution < 1.29 is 9.59 Å². The van der Waals surface area contributed by atoms with Gasteiger partial charge in [-0.2, -0.15) is 0 Å². The summed E-state index contributed by atoms with van der Waals surface area (Å²) in [5.41, 5.74) is 8.17. The number of nitrogens with two attached hydrogens (primary N) is 1. The van der Waals surface area contributed by atoms with E-state index < -0.39 is 5.91 Å². The van der Waals surface area contributed by atoms with Gasteiger partial charge in [-0.3, -0.25) is 9.59 Å². The summed E-state index contributed by atoms with van der Waals surface area (Å²) < 4.78 is 0. The third kappa shape index (κ3) is 3.82. The molecule has 0 radical (unpaired) electrons. The van der Waals surface area contributed by atoms with Crippen molar-refractivity contribution in [3.8, 4) is 0 Å². The molecule has 5 heteroatoms. The Bertz CT molecular complexity index is 536. The fraction of sp³-hybridized carbons (Fsp3) is 0.500. The molecule has 1 heterocycles. The van der Waals surface area contributed by atoms with Crippen LogP contribution in [0.25, 0.3) is 0 Å². The number of hydrogen-bond acceptors (Lipinski definition) is 3. The smallest absolute Gasteiger partial charge is 0.254 e. The van der Waals surface area contributed by atoms with Crippen LogP contribution < -0.4 is 11.1 Å². The van der Waals surface area contributed by atoms with E-state index in [9.17, 15) is 9.59 Å². The van der Waals surface area contributed by atoms with E-state index in [4.69, 9.17) is 5.73 Å². The van der Waals surface area contributed by atoms with Crippen LogP contribution in [0.2, 0.25) is 0 Å². The van der Waals surface area contributed by atoms with E-state index >= 15 is 0 Å². The maximum atomic E-state index is 12.7. The first-order valence-corrected chi connectivity index (χ1v) is 7.36. The lowest BCUT2D eigenvalue weighted by Crippen LogP contribution is -2.49. The third-order valence-corrected chi connectivity index (χ3v) is 4.09. The van der Waals surface area contributed by atoms with Crippen LogP contribution >= 0.6 is 0 Å². The molecule has 1 aromatic rings. The fourth-order valence-corrected chi connectivity index (χ4v) is 2.69. The lowest BCUT2D eigenvalue weighted by Gasteiger charge is -2.34. The number of nitrogens with zero attached hydrogens (tertiary/aromatic N) is 1. The third-order valence-electron chi connectivity index (χ3n) is 4.09. The van der Waals surface area contributed by atoms with Crippen molar-refractivity contribution in [3.05, 3.63) is 34.9 Å². The molecule has 0 atom stereocenters. The Morgan fingerprint density at radius 1 is 1.24 bits per heavy atom. The Hall–Kier alpha value is -1.88. The van der Waals surface area contributed by atoms with Crippen molar-refractivity contribution in [2.75, 3.05) is 19.6 Å². The molecule has 1 aliphatic rings. The van der Waals surface area contributed by atoms with E-state index in [2.05, 4.69) is 5.32 Å². The minimum atomic E-state index is -0.467. The highest BCUT2D eigenvalue weighted by atomic mass is 16.2. The second-order valence-electron chi connectivity index (χ2n) is 5.68. The van der Waals surface area contributed by atoms with Gasteiger partial charge in [0.15, 0.2) is 0 Å². The minimum absolute atomic E-state index is 0.0174. The maximum absolute atomic E-state index is 12.7. The van der Waals surface area contributed by atoms with Gasteiger partial charge in [0.2, 0.25) is 5.91 Å². The zero-order valence-electron chi connectivity index (χ0n) is 12.7. The summed E-state index contributed by atoms with van der Waals surface area (Å²) in [6, 6.07) is 5.72. The number of benzene rings is 1. The van der Waals surface area contributed by atoms with Crippen molar-refractivity contribution in [1.82, 2.24) is 10.2 Å². The standard InChI is InChI=1S/C16H23N3O2/c1-11-3-4-13(9-12(11)2)16(21)19(10-15(17)20)14-5-7-18-8-6-14/h3-4,9,14,18H,5-8,10H2,1-2H3,(H2,17,20). The number of rotatable bonds is 4. The lowest BCUT2D eigenvalue weighted by atomic mass is 10.0. The molecule has 2 amide bonds. The van der Waals surface area contributed by atoms with Gasteiger partial charge in [0.05, 0.1) is 6.54 Å². The van der Waals surface area contributed by atoms with Crippen molar-refractivity contribution in [2.45, 2.75) is 32.7 Å². The first-order valence-electron chi connectivity index (χ1n) is 7.36. The number of nitrogens with one attached hydrogen (secondary N) is 1. The van der Waals surface area contributed by atoms with Crippen LogP contribution in [0.1, 0.15) is 34.3 Å². The van der Waals surface area contributed by atoms with Gasteiger partial charge in [-0.1, -0.05) is 6.07 Å². The van der Waals surface area contributed by atoms with E-state index in [0.29, 0.717) is 5.56 Å². The van der Waals surface area contributed by atoms with Crippen LogP contribution in [0.4, 0.5) is 0 Å². The molecule has 1 saturated heterocycles. The zero-order chi connectivity index (χ0) is 15.4. The zero-order valence-corrected chi connectivity index (χ0v) is 12.7. The summed E-state index contributed by atoms with van der Waals surface area (Å²) in [5.74, 6) is -0.575. The van der Waals surface area contributed by atoms with Crippen molar-refractivity contribution in [1.29, 1.82) is 0 Å². The van der Waals surface area contributed by atoms with Gasteiger partial charge in [0.25, 0.3) is 5.91 Å². The van der Waals surface area contributed by atoms with Crippen molar-refractivity contribution in [3.63, 3.8) is 0 Å². The molecule has 2 rings (SSSR count). The monoisotopic (exact) mass is 289 g/mol. The first-order chi connectivity index (χ1) is 9.99. The second kappa shape index (κ2) is 6.72. The molecule has 0 bridgehead atoms. The Morgan fingerprint density at radius 2 is 1.90 bits per heavy atom. The van der Waals surface area contributed by atoms with Crippen molar-refractivity contribution >= 4 is 11.8 Å². The topological polar surface area (TPSA) is 75.4 Å². The minimum Gasteiger partial charge on any atom is -0.368 e. The summed E-state index contributed by atoms with van der Waals surface area (Å²) in [5, 5.41) is 3.26. The van der Waals surface area contributed by atoms with E-state index in [0.717, 1.165) is 37.1 Å². The molecule has 1 aliphatic heterocycles. The molecule has 5 nitrogen and oxygen atoms in total. The molecule has 3 N–H and O–H groups in total. The number of amides is 2. The largest absolute Gasteiger partial charge is 0.368 e. The quantitative estimate of drug-likeness (QED) is 0.867. The van der Waals surface area contributed by atoms with E-state index in [1.807, 2.05) is 32.0 Å². The number of primary amides is 1. The Balaban J connectivity index is 2.23. The molecule has 0 aliphatic carbocycles. The number of hydrogen-bond donors (Lipinski definition) is 2. The number of piperidine rings is 1. The van der Waals surface area contributed by atoms with Crippen molar-refractivity contribution in [2.24, 2.45) is 5.73 Å². The summed E-state index contributed by atoms with van der Waals surface area (Å²) in [6.07, 6.45) is 1.70. The molecule has 114 valence electrons. The molecule has 21 heavy (non-hydrogen) atoms. The predicted molar refractivity (Wildman–Crippen MR) is 82.0 cm³/mol. The molecular weight excluding hydrogens is 266 g/mol.